The number of hydrogen-bond acceptors (Lipinski definition) is 0. The summed E-state index contributed by atoms with van der Waals surface area (Å²) in [5.41, 5.74) is 13.5. The highest BCUT2D eigenvalue weighted by molar-refractivity contribution is 6.33. The van der Waals surface area contributed by atoms with Gasteiger partial charge >= 0.3 is 0 Å². The normalized spacial score (nSPS) is 14.1. The van der Waals surface area contributed by atoms with E-state index in [9.17, 15) is 0 Å². The second-order valence-electron chi connectivity index (χ2n) is 12.8. The Morgan fingerprint density at radius 2 is 1.09 bits per heavy atom. The van der Waals surface area contributed by atoms with Gasteiger partial charge in [0.2, 0.25) is 0 Å². The van der Waals surface area contributed by atoms with Crippen molar-refractivity contribution >= 4 is 87.1 Å². The van der Waals surface area contributed by atoms with Gasteiger partial charge in [-0.25, -0.2) is 0 Å². The number of hydrogen-bond donors (Lipinski definition) is 0. The number of aromatic nitrogens is 3. The summed E-state index contributed by atoms with van der Waals surface area (Å²) in [5.74, 6) is 0. The monoisotopic (exact) mass is 559 g/mol. The third-order valence-electron chi connectivity index (χ3n) is 10.8. The Bertz CT molecular complexity index is 3000. The van der Waals surface area contributed by atoms with E-state index in [0.717, 1.165) is 12.8 Å². The molecule has 6 aromatic carbocycles. The first kappa shape index (κ1) is 22.1. The molecule has 44 heavy (non-hydrogen) atoms. The molecule has 0 fully saturated rings. The van der Waals surface area contributed by atoms with Gasteiger partial charge in [-0.2, -0.15) is 0 Å². The van der Waals surface area contributed by atoms with Crippen molar-refractivity contribution in [3.8, 4) is 5.69 Å². The molecule has 0 radical (unpaired) electrons. The van der Waals surface area contributed by atoms with Crippen molar-refractivity contribution in [2.75, 3.05) is 0 Å². The van der Waals surface area contributed by atoms with Crippen molar-refractivity contribution in [2.45, 2.75) is 19.3 Å². The Labute approximate surface area is 251 Å². The van der Waals surface area contributed by atoms with Gasteiger partial charge in [0.1, 0.15) is 0 Å². The average Bonchev–Trinajstić information content (AvgIpc) is 3.90. The van der Waals surface area contributed by atoms with E-state index >= 15 is 0 Å². The van der Waals surface area contributed by atoms with Crippen LogP contribution in [0.4, 0.5) is 0 Å². The lowest BCUT2D eigenvalue weighted by molar-refractivity contribution is 0.890. The fraction of sp³-hybridized carbons (Fsp3) is 0.0732. The predicted octanol–water partition coefficient (Wildman–Crippen LogP) is 10.4. The van der Waals surface area contributed by atoms with Crippen LogP contribution in [-0.2, 0) is 12.8 Å². The van der Waals surface area contributed by atoms with E-state index in [1.54, 1.807) is 5.56 Å². The van der Waals surface area contributed by atoms with Crippen molar-refractivity contribution in [3.63, 3.8) is 0 Å². The molecule has 0 N–H and O–H groups in total. The number of rotatable bonds is 1. The SMILES string of the molecule is c1ccc(-n2c3ccccc3c3cc4c5c(n6c7cc8c9cccc%10c%11ccccc%11n(c8cc7c(c32)c46)c%109)CCC5)cc1. The minimum atomic E-state index is 1.14. The van der Waals surface area contributed by atoms with E-state index in [1.807, 2.05) is 0 Å². The third kappa shape index (κ3) is 2.32. The molecule has 0 saturated carbocycles. The van der Waals surface area contributed by atoms with E-state index < -0.39 is 0 Å². The molecule has 0 amide bonds. The van der Waals surface area contributed by atoms with Crippen molar-refractivity contribution in [2.24, 2.45) is 0 Å². The fourth-order valence-electron chi connectivity index (χ4n) is 9.19. The highest BCUT2D eigenvalue weighted by Gasteiger charge is 2.29. The number of para-hydroxylation sites is 4. The molecular formula is C41H25N3. The van der Waals surface area contributed by atoms with E-state index in [1.165, 1.54) is 105 Å². The Balaban J connectivity index is 1.40. The zero-order chi connectivity index (χ0) is 28.3. The Morgan fingerprint density at radius 1 is 0.409 bits per heavy atom. The lowest BCUT2D eigenvalue weighted by Gasteiger charge is -2.09. The molecule has 3 heteroatoms. The van der Waals surface area contributed by atoms with Crippen LogP contribution in [0.3, 0.4) is 0 Å². The maximum Gasteiger partial charge on any atom is 0.0641 e. The molecule has 11 aromatic rings. The van der Waals surface area contributed by atoms with E-state index in [0.29, 0.717) is 0 Å². The lowest BCUT2D eigenvalue weighted by atomic mass is 10.0. The molecule has 1 aliphatic carbocycles. The first-order valence-electron chi connectivity index (χ1n) is 15.8. The molecule has 0 aliphatic heterocycles. The van der Waals surface area contributed by atoms with Crippen LogP contribution >= 0.6 is 0 Å². The smallest absolute Gasteiger partial charge is 0.0641 e. The topological polar surface area (TPSA) is 13.8 Å². The van der Waals surface area contributed by atoms with E-state index in [4.69, 9.17) is 0 Å². The number of aryl methyl sites for hydroxylation is 2. The number of benzene rings is 6. The molecule has 0 bridgehead atoms. The Kier molecular flexibility index (Phi) is 3.67. The zero-order valence-electron chi connectivity index (χ0n) is 23.9. The van der Waals surface area contributed by atoms with Crippen LogP contribution in [0.25, 0.3) is 92.8 Å². The maximum absolute atomic E-state index is 2.65. The zero-order valence-corrected chi connectivity index (χ0v) is 23.9. The second kappa shape index (κ2) is 7.32. The van der Waals surface area contributed by atoms with Gasteiger partial charge < -0.3 is 13.4 Å². The summed E-state index contributed by atoms with van der Waals surface area (Å²) in [5, 5.41) is 12.2. The Morgan fingerprint density at radius 3 is 1.95 bits per heavy atom. The first-order chi connectivity index (χ1) is 21.9. The molecule has 0 atom stereocenters. The summed E-state index contributed by atoms with van der Waals surface area (Å²) in [6.07, 6.45) is 3.54. The van der Waals surface area contributed by atoms with E-state index in [-0.39, 0.29) is 0 Å². The average molecular weight is 560 g/mol. The molecule has 0 spiro atoms. The van der Waals surface area contributed by atoms with Gasteiger partial charge in [-0.3, -0.25) is 0 Å². The minimum absolute atomic E-state index is 1.14. The van der Waals surface area contributed by atoms with Crippen LogP contribution < -0.4 is 0 Å². The van der Waals surface area contributed by atoms with Crippen LogP contribution in [-0.4, -0.2) is 13.4 Å². The van der Waals surface area contributed by atoms with Crippen molar-refractivity contribution in [3.05, 3.63) is 127 Å². The van der Waals surface area contributed by atoms with Gasteiger partial charge in [0.05, 0.1) is 38.6 Å². The Hall–Kier alpha value is -5.54. The van der Waals surface area contributed by atoms with Crippen LogP contribution in [0.15, 0.2) is 115 Å². The van der Waals surface area contributed by atoms with Crippen molar-refractivity contribution in [1.82, 2.24) is 13.4 Å². The molecular weight excluding hydrogens is 534 g/mol. The second-order valence-corrected chi connectivity index (χ2v) is 12.8. The van der Waals surface area contributed by atoms with Gasteiger partial charge in [0, 0.05) is 59.9 Å². The quantitative estimate of drug-likeness (QED) is 0.190. The van der Waals surface area contributed by atoms with Gasteiger partial charge in [-0.15, -0.1) is 0 Å². The summed E-state index contributed by atoms with van der Waals surface area (Å²) in [6, 6.07) is 43.2. The van der Waals surface area contributed by atoms with Gasteiger partial charge in [-0.1, -0.05) is 72.8 Å². The minimum Gasteiger partial charge on any atom is -0.312 e. The summed E-state index contributed by atoms with van der Waals surface area (Å²) in [7, 11) is 0. The van der Waals surface area contributed by atoms with Gasteiger partial charge in [-0.05, 0) is 67.3 Å². The standard InChI is InChI=1S/C41H25N3/c1-2-10-23(11-3-1)42-33-17-6-5-13-25(33)30-20-31-26-14-9-19-35(26)44-37-21-29-28-16-8-15-27-24-12-4-7-18-34(24)43(39(27)28)36(29)22-32(37)38(40(30)42)41(31)44/h1-8,10-13,15-18,20-22H,9,14,19H2. The largest absolute Gasteiger partial charge is 0.312 e. The predicted molar refractivity (Wildman–Crippen MR) is 185 cm³/mol. The molecule has 5 aromatic heterocycles. The van der Waals surface area contributed by atoms with E-state index in [2.05, 4.69) is 129 Å². The molecule has 204 valence electrons. The lowest BCUT2D eigenvalue weighted by Crippen LogP contribution is -1.93. The van der Waals surface area contributed by atoms with Gasteiger partial charge in [0.15, 0.2) is 0 Å². The van der Waals surface area contributed by atoms with Crippen LogP contribution in [0, 0.1) is 0 Å². The number of nitrogens with zero attached hydrogens (tertiary/aromatic N) is 3. The summed E-state index contributed by atoms with van der Waals surface area (Å²) >= 11 is 0. The highest BCUT2D eigenvalue weighted by atomic mass is 15.0. The molecule has 3 nitrogen and oxygen atoms in total. The van der Waals surface area contributed by atoms with Crippen molar-refractivity contribution < 1.29 is 0 Å². The third-order valence-corrected chi connectivity index (χ3v) is 10.8. The molecule has 0 saturated heterocycles. The van der Waals surface area contributed by atoms with Crippen LogP contribution in [0.2, 0.25) is 0 Å². The molecule has 5 heterocycles. The molecule has 1 aliphatic rings. The van der Waals surface area contributed by atoms with Gasteiger partial charge in [0.25, 0.3) is 0 Å². The summed E-state index contributed by atoms with van der Waals surface area (Å²) < 4.78 is 7.70. The van der Waals surface area contributed by atoms with Crippen LogP contribution in [0.5, 0.6) is 0 Å². The van der Waals surface area contributed by atoms with Crippen LogP contribution in [0.1, 0.15) is 17.7 Å². The summed E-state index contributed by atoms with van der Waals surface area (Å²) in [6.45, 7) is 0. The molecule has 12 rings (SSSR count). The highest BCUT2D eigenvalue weighted by Crippen LogP contribution is 2.49. The maximum atomic E-state index is 2.65. The summed E-state index contributed by atoms with van der Waals surface area (Å²) in [4.78, 5) is 0. The number of fused-ring (bicyclic) bond motifs is 16. The first-order valence-corrected chi connectivity index (χ1v) is 15.8. The molecule has 0 unspecified atom stereocenters. The van der Waals surface area contributed by atoms with Crippen molar-refractivity contribution in [1.29, 1.82) is 0 Å². The fourth-order valence-corrected chi connectivity index (χ4v) is 9.19.